The van der Waals surface area contributed by atoms with E-state index in [0.717, 1.165) is 73.6 Å². The predicted octanol–water partition coefficient (Wildman–Crippen LogP) is 2.99. The molecule has 9 nitrogen and oxygen atoms in total. The van der Waals surface area contributed by atoms with Crippen molar-refractivity contribution in [3.63, 3.8) is 0 Å². The minimum Gasteiger partial charge on any atom is -0.339 e. The minimum absolute atomic E-state index is 0.278. The van der Waals surface area contributed by atoms with Crippen LogP contribution in [0.4, 0.5) is 11.9 Å². The van der Waals surface area contributed by atoms with E-state index in [1.54, 1.807) is 0 Å². The van der Waals surface area contributed by atoms with E-state index in [1.807, 2.05) is 6.07 Å². The van der Waals surface area contributed by atoms with Crippen LogP contribution in [-0.4, -0.2) is 62.0 Å². The van der Waals surface area contributed by atoms with Crippen LogP contribution in [0.3, 0.4) is 0 Å². The molecule has 4 fully saturated rings. The molecule has 5 aliphatic rings. The predicted molar refractivity (Wildman–Crippen MR) is 122 cm³/mol. The first-order valence-electron chi connectivity index (χ1n) is 11.9. The molecule has 0 bridgehead atoms. The maximum atomic E-state index is 6.37. The fourth-order valence-corrected chi connectivity index (χ4v) is 5.97. The van der Waals surface area contributed by atoms with E-state index in [-0.39, 0.29) is 5.41 Å². The van der Waals surface area contributed by atoms with Crippen molar-refractivity contribution in [1.29, 1.82) is 0 Å². The number of halogens is 1. The zero-order valence-electron chi connectivity index (χ0n) is 18.3. The topological polar surface area (TPSA) is 79.4 Å². The summed E-state index contributed by atoms with van der Waals surface area (Å²) < 4.78 is 7.71. The van der Waals surface area contributed by atoms with Gasteiger partial charge in [-0.3, -0.25) is 9.47 Å². The molecule has 33 heavy (non-hydrogen) atoms. The van der Waals surface area contributed by atoms with Crippen LogP contribution >= 0.6 is 11.6 Å². The molecule has 0 N–H and O–H groups in total. The Morgan fingerprint density at radius 1 is 0.970 bits per heavy atom. The van der Waals surface area contributed by atoms with Gasteiger partial charge in [-0.15, -0.1) is 10.2 Å². The lowest BCUT2D eigenvalue weighted by atomic mass is 9.73. The summed E-state index contributed by atoms with van der Waals surface area (Å²) in [6.45, 7) is 5.63. The van der Waals surface area contributed by atoms with Gasteiger partial charge in [-0.2, -0.15) is 4.98 Å². The molecule has 2 saturated heterocycles. The zero-order chi connectivity index (χ0) is 21.7. The molecule has 2 aromatic heterocycles. The summed E-state index contributed by atoms with van der Waals surface area (Å²) in [6, 6.07) is 6.86. The molecule has 3 aliphatic heterocycles. The number of benzene rings is 1. The van der Waals surface area contributed by atoms with Gasteiger partial charge in [-0.25, -0.2) is 0 Å². The van der Waals surface area contributed by atoms with Crippen molar-refractivity contribution in [2.75, 3.05) is 36.0 Å². The van der Waals surface area contributed by atoms with Gasteiger partial charge in [0, 0.05) is 55.1 Å². The Labute approximate surface area is 196 Å². The van der Waals surface area contributed by atoms with E-state index in [0.29, 0.717) is 12.0 Å². The lowest BCUT2D eigenvalue weighted by Crippen LogP contribution is -2.73. The lowest BCUT2D eigenvalue weighted by Gasteiger charge is -2.59. The standard InChI is InChI=1S/C23H25ClN8O/c24-16-3-6-18-15(7-16)8-29(17-4-5-17)9-19-26-27-22(32(18)19)31-12-23(13-31)10-30(11-23)21-25-20(33-28-21)14-1-2-14/h3,6-7,14,17H,1-2,4-5,8-13H2. The smallest absolute Gasteiger partial charge is 0.266 e. The van der Waals surface area contributed by atoms with E-state index in [1.165, 1.54) is 31.2 Å². The van der Waals surface area contributed by atoms with Crippen LogP contribution in [0.5, 0.6) is 0 Å². The van der Waals surface area contributed by atoms with Gasteiger partial charge in [0.1, 0.15) is 0 Å². The molecule has 170 valence electrons. The Hall–Kier alpha value is -2.65. The Balaban J connectivity index is 1.04. The highest BCUT2D eigenvalue weighted by atomic mass is 35.5. The fourth-order valence-electron chi connectivity index (χ4n) is 5.78. The average molecular weight is 465 g/mol. The van der Waals surface area contributed by atoms with Crippen LogP contribution in [0.25, 0.3) is 5.69 Å². The van der Waals surface area contributed by atoms with E-state index in [9.17, 15) is 0 Å². The van der Waals surface area contributed by atoms with Crippen LogP contribution < -0.4 is 9.80 Å². The molecule has 2 aliphatic carbocycles. The molecule has 0 amide bonds. The summed E-state index contributed by atoms with van der Waals surface area (Å²) in [4.78, 5) is 11.7. The summed E-state index contributed by atoms with van der Waals surface area (Å²) in [6.07, 6.45) is 4.89. The number of hydrogen-bond acceptors (Lipinski definition) is 8. The van der Waals surface area contributed by atoms with Gasteiger partial charge < -0.3 is 14.3 Å². The number of rotatable bonds is 4. The highest BCUT2D eigenvalue weighted by Gasteiger charge is 2.54. The third kappa shape index (κ3) is 2.94. The molecular formula is C23H25ClN8O. The minimum atomic E-state index is 0.278. The monoisotopic (exact) mass is 464 g/mol. The normalized spacial score (nSPS) is 23.7. The molecule has 0 atom stereocenters. The van der Waals surface area contributed by atoms with E-state index >= 15 is 0 Å². The van der Waals surface area contributed by atoms with Crippen molar-refractivity contribution in [2.24, 2.45) is 5.41 Å². The summed E-state index contributed by atoms with van der Waals surface area (Å²) >= 11 is 6.37. The maximum Gasteiger partial charge on any atom is 0.266 e. The molecule has 3 aromatic rings. The second-order valence-electron chi connectivity index (χ2n) is 10.6. The quantitative estimate of drug-likeness (QED) is 0.583. The number of nitrogens with zero attached hydrogens (tertiary/aromatic N) is 8. The SMILES string of the molecule is Clc1ccc2c(c1)CN(C1CC1)Cc1nnc(N3CC4(CN(c5noc(C6CC6)n5)C4)C3)n1-2. The van der Waals surface area contributed by atoms with Crippen LogP contribution in [0, 0.1) is 5.41 Å². The highest BCUT2D eigenvalue weighted by Crippen LogP contribution is 2.45. The average Bonchev–Trinajstić information content (AvgIpc) is 3.67. The van der Waals surface area contributed by atoms with Crippen LogP contribution in [0.2, 0.25) is 5.02 Å². The first-order chi connectivity index (χ1) is 16.1. The van der Waals surface area contributed by atoms with Crippen molar-refractivity contribution < 1.29 is 4.52 Å². The maximum absolute atomic E-state index is 6.37. The van der Waals surface area contributed by atoms with Gasteiger partial charge in [-0.05, 0) is 54.6 Å². The first kappa shape index (κ1) is 18.7. The highest BCUT2D eigenvalue weighted by molar-refractivity contribution is 6.30. The number of anilines is 2. The summed E-state index contributed by atoms with van der Waals surface area (Å²) in [5, 5.41) is 14.3. The molecule has 8 rings (SSSR count). The fraction of sp³-hybridized carbons (Fsp3) is 0.565. The molecule has 5 heterocycles. The van der Waals surface area contributed by atoms with Crippen molar-refractivity contribution in [3.05, 3.63) is 40.5 Å². The second-order valence-corrected chi connectivity index (χ2v) is 11.0. The van der Waals surface area contributed by atoms with Crippen molar-refractivity contribution in [3.8, 4) is 5.69 Å². The third-order valence-corrected chi connectivity index (χ3v) is 8.04. The van der Waals surface area contributed by atoms with Crippen molar-refractivity contribution in [1.82, 2.24) is 29.8 Å². The Bertz CT molecular complexity index is 1250. The van der Waals surface area contributed by atoms with Gasteiger partial charge in [0.2, 0.25) is 11.8 Å². The molecular weight excluding hydrogens is 440 g/mol. The van der Waals surface area contributed by atoms with Gasteiger partial charge in [0.05, 0.1) is 12.2 Å². The molecule has 1 spiro atoms. The van der Waals surface area contributed by atoms with E-state index in [4.69, 9.17) is 16.1 Å². The number of hydrogen-bond donors (Lipinski definition) is 0. The molecule has 2 saturated carbocycles. The van der Waals surface area contributed by atoms with Gasteiger partial charge in [0.25, 0.3) is 5.95 Å². The Morgan fingerprint density at radius 2 is 1.79 bits per heavy atom. The van der Waals surface area contributed by atoms with Crippen LogP contribution in [-0.2, 0) is 13.1 Å². The molecule has 0 radical (unpaired) electrons. The largest absolute Gasteiger partial charge is 0.339 e. The summed E-state index contributed by atoms with van der Waals surface area (Å²) in [7, 11) is 0. The van der Waals surface area contributed by atoms with Crippen molar-refractivity contribution >= 4 is 23.5 Å². The van der Waals surface area contributed by atoms with Gasteiger partial charge in [-0.1, -0.05) is 11.6 Å². The molecule has 10 heteroatoms. The zero-order valence-corrected chi connectivity index (χ0v) is 19.1. The Kier molecular flexibility index (Phi) is 3.68. The molecule has 0 unspecified atom stereocenters. The van der Waals surface area contributed by atoms with Crippen LogP contribution in [0.15, 0.2) is 22.7 Å². The van der Waals surface area contributed by atoms with Crippen LogP contribution in [0.1, 0.15) is 48.9 Å². The number of fused-ring (bicyclic) bond motifs is 3. The van der Waals surface area contributed by atoms with E-state index < -0.39 is 0 Å². The van der Waals surface area contributed by atoms with Gasteiger partial charge >= 0.3 is 0 Å². The van der Waals surface area contributed by atoms with Crippen molar-refractivity contribution in [2.45, 2.75) is 50.7 Å². The summed E-state index contributed by atoms with van der Waals surface area (Å²) in [5.74, 6) is 4.03. The lowest BCUT2D eigenvalue weighted by molar-refractivity contribution is 0.151. The second kappa shape index (κ2) is 6.48. The third-order valence-electron chi connectivity index (χ3n) is 7.81. The summed E-state index contributed by atoms with van der Waals surface area (Å²) in [5.41, 5.74) is 2.69. The Morgan fingerprint density at radius 3 is 2.58 bits per heavy atom. The van der Waals surface area contributed by atoms with Gasteiger partial charge in [0.15, 0.2) is 5.82 Å². The van der Waals surface area contributed by atoms with E-state index in [2.05, 4.69) is 51.7 Å². The first-order valence-corrected chi connectivity index (χ1v) is 12.3. The molecule has 1 aromatic carbocycles. The number of aromatic nitrogens is 5.